The van der Waals surface area contributed by atoms with Gasteiger partial charge in [-0.25, -0.2) is 0 Å². The summed E-state index contributed by atoms with van der Waals surface area (Å²) in [5.41, 5.74) is 1.40. The fourth-order valence-electron chi connectivity index (χ4n) is 4.05. The van der Waals surface area contributed by atoms with Crippen molar-refractivity contribution in [2.24, 2.45) is 0 Å². The van der Waals surface area contributed by atoms with Gasteiger partial charge in [0.2, 0.25) is 0 Å². The Hall–Kier alpha value is -3.03. The van der Waals surface area contributed by atoms with E-state index < -0.39 is 17.7 Å². The third-order valence-electron chi connectivity index (χ3n) is 5.59. The molecule has 0 saturated carbocycles. The van der Waals surface area contributed by atoms with Crippen LogP contribution >= 0.6 is 0 Å². The number of Topliss-reactive ketones (excluding diaryl/α,β-unsaturated/α-hetero) is 1. The van der Waals surface area contributed by atoms with Crippen molar-refractivity contribution in [3.8, 4) is 0 Å². The number of benzene rings is 1. The van der Waals surface area contributed by atoms with Gasteiger partial charge in [-0.2, -0.15) is 0 Å². The van der Waals surface area contributed by atoms with Gasteiger partial charge in [0, 0.05) is 44.1 Å². The fraction of sp³-hybridized carbons (Fsp3) is 0.348. The molecule has 1 atom stereocenters. The highest BCUT2D eigenvalue weighted by molar-refractivity contribution is 6.46. The van der Waals surface area contributed by atoms with Gasteiger partial charge >= 0.3 is 0 Å². The van der Waals surface area contributed by atoms with Crippen LogP contribution < -0.4 is 0 Å². The summed E-state index contributed by atoms with van der Waals surface area (Å²) in [6.07, 6.45) is 3.83. The first kappa shape index (κ1) is 20.3. The smallest absolute Gasteiger partial charge is 0.295 e. The van der Waals surface area contributed by atoms with E-state index in [1.54, 1.807) is 29.4 Å². The number of ether oxygens (including phenoxy) is 1. The minimum Gasteiger partial charge on any atom is -0.507 e. The number of aromatic nitrogens is 1. The minimum atomic E-state index is -0.649. The lowest BCUT2D eigenvalue weighted by molar-refractivity contribution is -0.140. The summed E-state index contributed by atoms with van der Waals surface area (Å²) in [6, 6.07) is 12.0. The molecule has 30 heavy (non-hydrogen) atoms. The average molecular weight is 407 g/mol. The van der Waals surface area contributed by atoms with Crippen LogP contribution in [0.3, 0.4) is 0 Å². The molecule has 2 fully saturated rings. The molecule has 2 aromatic rings. The van der Waals surface area contributed by atoms with Crippen LogP contribution in [0.5, 0.6) is 0 Å². The molecule has 1 aromatic heterocycles. The van der Waals surface area contributed by atoms with Gasteiger partial charge in [-0.15, -0.1) is 0 Å². The van der Waals surface area contributed by atoms with Crippen molar-refractivity contribution in [3.05, 3.63) is 71.6 Å². The lowest BCUT2D eigenvalue weighted by atomic mass is 9.95. The number of amides is 1. The number of ketones is 1. The molecule has 3 heterocycles. The lowest BCUT2D eigenvalue weighted by Gasteiger charge is -2.29. The van der Waals surface area contributed by atoms with E-state index in [1.165, 1.54) is 0 Å². The normalized spacial score (nSPS) is 21.9. The number of pyridine rings is 1. The van der Waals surface area contributed by atoms with E-state index in [9.17, 15) is 14.7 Å². The van der Waals surface area contributed by atoms with Crippen LogP contribution in [0, 0.1) is 0 Å². The number of carbonyl (C=O) groups is 2. The fourth-order valence-corrected chi connectivity index (χ4v) is 4.05. The number of hydrogen-bond acceptors (Lipinski definition) is 6. The van der Waals surface area contributed by atoms with E-state index >= 15 is 0 Å². The van der Waals surface area contributed by atoms with E-state index in [4.69, 9.17) is 4.74 Å². The summed E-state index contributed by atoms with van der Waals surface area (Å²) in [7, 11) is 0. The third-order valence-corrected chi connectivity index (χ3v) is 5.59. The summed E-state index contributed by atoms with van der Waals surface area (Å²) >= 11 is 0. The number of rotatable bonds is 6. The van der Waals surface area contributed by atoms with Crippen LogP contribution in [0.1, 0.15) is 23.6 Å². The molecule has 1 amide bonds. The van der Waals surface area contributed by atoms with Gasteiger partial charge in [0.15, 0.2) is 0 Å². The number of carbonyl (C=O) groups excluding carboxylic acids is 2. The van der Waals surface area contributed by atoms with Gasteiger partial charge in [-0.05, 0) is 24.1 Å². The largest absolute Gasteiger partial charge is 0.507 e. The number of aliphatic hydroxyl groups excluding tert-OH is 1. The van der Waals surface area contributed by atoms with Crippen LogP contribution in [0.4, 0.5) is 0 Å². The zero-order valence-electron chi connectivity index (χ0n) is 16.7. The molecule has 1 unspecified atom stereocenters. The lowest BCUT2D eigenvalue weighted by Crippen LogP contribution is -2.38. The Balaban J connectivity index is 1.63. The van der Waals surface area contributed by atoms with Crippen molar-refractivity contribution >= 4 is 17.4 Å². The van der Waals surface area contributed by atoms with E-state index in [2.05, 4.69) is 9.88 Å². The highest BCUT2D eigenvalue weighted by Crippen LogP contribution is 2.39. The Morgan fingerprint density at radius 2 is 1.73 bits per heavy atom. The zero-order valence-corrected chi connectivity index (χ0v) is 16.7. The van der Waals surface area contributed by atoms with Crippen molar-refractivity contribution in [1.29, 1.82) is 0 Å². The molecule has 2 aliphatic heterocycles. The molecule has 2 saturated heterocycles. The van der Waals surface area contributed by atoms with Gasteiger partial charge < -0.3 is 14.7 Å². The van der Waals surface area contributed by atoms with Crippen LogP contribution in [-0.2, 0) is 14.3 Å². The predicted octanol–water partition coefficient (Wildman–Crippen LogP) is 2.23. The maximum Gasteiger partial charge on any atom is 0.295 e. The molecule has 2 aliphatic rings. The molecule has 0 aliphatic carbocycles. The summed E-state index contributed by atoms with van der Waals surface area (Å²) in [5.74, 6) is -1.38. The second-order valence-corrected chi connectivity index (χ2v) is 7.45. The number of nitrogens with zero attached hydrogens (tertiary/aromatic N) is 3. The predicted molar refractivity (Wildman–Crippen MR) is 112 cm³/mol. The quantitative estimate of drug-likeness (QED) is 0.449. The topological polar surface area (TPSA) is 83.0 Å². The molecule has 156 valence electrons. The highest BCUT2D eigenvalue weighted by Gasteiger charge is 2.45. The monoisotopic (exact) mass is 407 g/mol. The van der Waals surface area contributed by atoms with Gasteiger partial charge in [-0.1, -0.05) is 30.3 Å². The Labute approximate surface area is 175 Å². The summed E-state index contributed by atoms with van der Waals surface area (Å²) < 4.78 is 5.38. The van der Waals surface area contributed by atoms with Gasteiger partial charge in [0.25, 0.3) is 11.7 Å². The van der Waals surface area contributed by atoms with E-state index in [0.717, 1.165) is 44.8 Å². The summed E-state index contributed by atoms with van der Waals surface area (Å²) in [5, 5.41) is 10.9. The molecule has 0 bridgehead atoms. The van der Waals surface area contributed by atoms with Crippen LogP contribution in [0.15, 0.2) is 60.4 Å². The Kier molecular flexibility index (Phi) is 6.21. The maximum absolute atomic E-state index is 12.9. The summed E-state index contributed by atoms with van der Waals surface area (Å²) in [6.45, 7) is 4.47. The Morgan fingerprint density at radius 1 is 1.03 bits per heavy atom. The number of morpholine rings is 1. The Morgan fingerprint density at radius 3 is 2.43 bits per heavy atom. The van der Waals surface area contributed by atoms with Crippen molar-refractivity contribution in [2.75, 3.05) is 39.4 Å². The first-order chi connectivity index (χ1) is 14.7. The first-order valence-corrected chi connectivity index (χ1v) is 10.2. The molecule has 1 N–H and O–H groups in total. The number of hydrogen-bond donors (Lipinski definition) is 1. The molecular weight excluding hydrogens is 382 g/mol. The second-order valence-electron chi connectivity index (χ2n) is 7.45. The van der Waals surface area contributed by atoms with E-state index in [1.807, 2.05) is 30.3 Å². The standard InChI is InChI=1S/C23H25N3O4/c27-21(18-7-9-24-10-8-18)19-20(17-5-2-1-3-6-17)26(23(29)22(19)28)12-4-11-25-13-15-30-16-14-25/h1-3,5-10,20,27H,4,11-16H2/b21-19+. The second kappa shape index (κ2) is 9.19. The van der Waals surface area contributed by atoms with Crippen LogP contribution in [-0.4, -0.2) is 71.0 Å². The molecule has 1 aromatic carbocycles. The van der Waals surface area contributed by atoms with Crippen LogP contribution in [0.25, 0.3) is 5.76 Å². The SMILES string of the molecule is O=C1C(=O)N(CCCN2CCOCC2)C(c2ccccc2)/C1=C(\O)c1ccncc1. The molecule has 4 rings (SSSR count). The third kappa shape index (κ3) is 4.13. The zero-order chi connectivity index (χ0) is 20.9. The van der Waals surface area contributed by atoms with Gasteiger partial charge in [0.1, 0.15) is 5.76 Å². The van der Waals surface area contributed by atoms with Crippen molar-refractivity contribution < 1.29 is 19.4 Å². The van der Waals surface area contributed by atoms with Crippen LogP contribution in [0.2, 0.25) is 0 Å². The molecular formula is C23H25N3O4. The Bertz CT molecular complexity index is 924. The van der Waals surface area contributed by atoms with Crippen molar-refractivity contribution in [2.45, 2.75) is 12.5 Å². The van der Waals surface area contributed by atoms with E-state index in [-0.39, 0.29) is 11.3 Å². The minimum absolute atomic E-state index is 0.128. The number of aliphatic hydroxyl groups is 1. The molecule has 0 radical (unpaired) electrons. The van der Waals surface area contributed by atoms with Crippen molar-refractivity contribution in [3.63, 3.8) is 0 Å². The molecule has 7 nitrogen and oxygen atoms in total. The van der Waals surface area contributed by atoms with Crippen molar-refractivity contribution in [1.82, 2.24) is 14.8 Å². The maximum atomic E-state index is 12.9. The summed E-state index contributed by atoms with van der Waals surface area (Å²) in [4.78, 5) is 33.7. The average Bonchev–Trinajstić information content (AvgIpc) is 3.05. The van der Waals surface area contributed by atoms with E-state index in [0.29, 0.717) is 12.1 Å². The number of likely N-dealkylation sites (tertiary alicyclic amines) is 1. The molecule has 0 spiro atoms. The van der Waals surface area contributed by atoms with Gasteiger partial charge in [-0.3, -0.25) is 19.5 Å². The highest BCUT2D eigenvalue weighted by atomic mass is 16.5. The van der Waals surface area contributed by atoms with Gasteiger partial charge in [0.05, 0.1) is 24.8 Å². The molecule has 7 heteroatoms. The first-order valence-electron chi connectivity index (χ1n) is 10.2.